The topological polar surface area (TPSA) is 127 Å². The van der Waals surface area contributed by atoms with Crippen LogP contribution in [0.15, 0.2) is 71.9 Å². The molecule has 0 radical (unpaired) electrons. The van der Waals surface area contributed by atoms with Crippen molar-refractivity contribution in [3.63, 3.8) is 0 Å². The van der Waals surface area contributed by atoms with E-state index in [2.05, 4.69) is 11.5 Å². The van der Waals surface area contributed by atoms with Crippen molar-refractivity contribution in [1.29, 1.82) is 10.8 Å². The molecule has 0 unspecified atom stereocenters. The van der Waals surface area contributed by atoms with Crippen LogP contribution in [0.5, 0.6) is 11.5 Å². The highest BCUT2D eigenvalue weighted by molar-refractivity contribution is 7.98. The molecule has 0 aliphatic rings. The minimum absolute atomic E-state index is 0. The molecule has 1 aromatic heterocycles. The fourth-order valence-electron chi connectivity index (χ4n) is 3.33. The number of nitrogens with zero attached hydrogens (tertiary/aromatic N) is 2. The molecule has 1 heterocycles. The molecule has 4 rings (SSSR count). The molecule has 178 valence electrons. The normalized spacial score (nSPS) is 10.3. The SMILES string of the molecule is CCn1c(SCc2ccc(Oc3ccc(C(=N)N)cc3)cc2)nc2cc(C(=N)N)ccc21.Cl.Cl. The predicted octanol–water partition coefficient (Wildman–Crippen LogP) is 5.55. The number of nitrogens with two attached hydrogens (primary N) is 2. The second-order valence-electron chi connectivity index (χ2n) is 7.23. The van der Waals surface area contributed by atoms with E-state index in [0.717, 1.165) is 39.8 Å². The largest absolute Gasteiger partial charge is 0.457 e. The summed E-state index contributed by atoms with van der Waals surface area (Å²) in [6, 6.07) is 20.8. The summed E-state index contributed by atoms with van der Waals surface area (Å²) in [5, 5.41) is 16.0. The first-order chi connectivity index (χ1) is 15.4. The van der Waals surface area contributed by atoms with Gasteiger partial charge in [0, 0.05) is 23.4 Å². The molecule has 0 saturated carbocycles. The van der Waals surface area contributed by atoms with Crippen LogP contribution in [0, 0.1) is 10.8 Å². The number of amidine groups is 2. The number of aryl methyl sites for hydroxylation is 1. The fourth-order valence-corrected chi connectivity index (χ4v) is 4.37. The number of benzene rings is 3. The summed E-state index contributed by atoms with van der Waals surface area (Å²) in [7, 11) is 0. The number of rotatable bonds is 8. The highest BCUT2D eigenvalue weighted by Gasteiger charge is 2.12. The van der Waals surface area contributed by atoms with Gasteiger partial charge in [-0.15, -0.1) is 24.8 Å². The maximum Gasteiger partial charge on any atom is 0.169 e. The van der Waals surface area contributed by atoms with Crippen LogP contribution in [0.2, 0.25) is 0 Å². The highest BCUT2D eigenvalue weighted by atomic mass is 35.5. The lowest BCUT2D eigenvalue weighted by Crippen LogP contribution is -2.10. The molecule has 0 fully saturated rings. The second kappa shape index (κ2) is 11.8. The van der Waals surface area contributed by atoms with E-state index in [1.807, 2.05) is 42.5 Å². The maximum atomic E-state index is 7.64. The Labute approximate surface area is 214 Å². The number of hydrogen-bond acceptors (Lipinski definition) is 5. The van der Waals surface area contributed by atoms with Crippen LogP contribution in [-0.4, -0.2) is 21.2 Å². The van der Waals surface area contributed by atoms with E-state index in [1.165, 1.54) is 0 Å². The molecule has 0 bridgehead atoms. The number of hydrogen-bond donors (Lipinski definition) is 4. The number of nitrogen functional groups attached to an aromatic ring is 2. The summed E-state index contributed by atoms with van der Waals surface area (Å²) in [6.45, 7) is 2.91. The molecule has 0 aliphatic heterocycles. The maximum absolute atomic E-state index is 7.64. The Bertz CT molecular complexity index is 1290. The van der Waals surface area contributed by atoms with E-state index in [0.29, 0.717) is 16.9 Å². The van der Waals surface area contributed by atoms with Crippen molar-refractivity contribution in [1.82, 2.24) is 9.55 Å². The molecule has 4 aromatic rings. The number of aromatic nitrogens is 2. The number of thioether (sulfide) groups is 1. The summed E-state index contributed by atoms with van der Waals surface area (Å²) in [5.74, 6) is 2.29. The van der Waals surface area contributed by atoms with Crippen LogP contribution in [0.3, 0.4) is 0 Å². The quantitative estimate of drug-likeness (QED) is 0.138. The van der Waals surface area contributed by atoms with Crippen molar-refractivity contribution in [2.75, 3.05) is 0 Å². The Morgan fingerprint density at radius 1 is 0.882 bits per heavy atom. The minimum Gasteiger partial charge on any atom is -0.457 e. The molecule has 0 spiro atoms. The van der Waals surface area contributed by atoms with Crippen LogP contribution < -0.4 is 16.2 Å². The molecule has 0 saturated heterocycles. The number of imidazole rings is 1. The van der Waals surface area contributed by atoms with Gasteiger partial charge < -0.3 is 20.8 Å². The Hall–Kier alpha value is -3.20. The molecular formula is C24H26Cl2N6OS. The number of fused-ring (bicyclic) bond motifs is 1. The fraction of sp³-hybridized carbons (Fsp3) is 0.125. The van der Waals surface area contributed by atoms with E-state index >= 15 is 0 Å². The van der Waals surface area contributed by atoms with E-state index in [9.17, 15) is 0 Å². The van der Waals surface area contributed by atoms with E-state index in [1.54, 1.807) is 36.0 Å². The first-order valence-corrected chi connectivity index (χ1v) is 11.1. The monoisotopic (exact) mass is 516 g/mol. The third kappa shape index (κ3) is 6.02. The molecule has 10 heteroatoms. The van der Waals surface area contributed by atoms with Crippen molar-refractivity contribution in [2.24, 2.45) is 11.5 Å². The van der Waals surface area contributed by atoms with E-state index < -0.39 is 0 Å². The van der Waals surface area contributed by atoms with Gasteiger partial charge in [0.25, 0.3) is 0 Å². The number of nitrogens with one attached hydrogen (secondary N) is 2. The van der Waals surface area contributed by atoms with Crippen LogP contribution in [0.4, 0.5) is 0 Å². The first-order valence-electron chi connectivity index (χ1n) is 10.1. The molecule has 7 nitrogen and oxygen atoms in total. The lowest BCUT2D eigenvalue weighted by Gasteiger charge is -2.08. The molecule has 0 amide bonds. The third-order valence-electron chi connectivity index (χ3n) is 5.03. The average Bonchev–Trinajstić information content (AvgIpc) is 3.15. The molecular weight excluding hydrogens is 491 g/mol. The van der Waals surface area contributed by atoms with Crippen molar-refractivity contribution in [2.45, 2.75) is 24.4 Å². The second-order valence-corrected chi connectivity index (χ2v) is 8.17. The molecule has 0 aliphatic carbocycles. The van der Waals surface area contributed by atoms with E-state index in [4.69, 9.17) is 32.0 Å². The Morgan fingerprint density at radius 3 is 2.00 bits per heavy atom. The summed E-state index contributed by atoms with van der Waals surface area (Å²) in [4.78, 5) is 4.76. The van der Waals surface area contributed by atoms with Crippen molar-refractivity contribution >= 4 is 59.3 Å². The predicted molar refractivity (Wildman–Crippen MR) is 144 cm³/mol. The summed E-state index contributed by atoms with van der Waals surface area (Å²) in [5.41, 5.74) is 15.5. The molecule has 34 heavy (non-hydrogen) atoms. The molecule has 3 aromatic carbocycles. The zero-order chi connectivity index (χ0) is 22.7. The standard InChI is InChI=1S/C24H24N6OS.2ClH/c1-2-30-21-12-7-17(23(27)28)13-20(21)29-24(30)32-14-15-3-8-18(9-4-15)31-19-10-5-16(6-11-19)22(25)26;;/h3-13H,2,14H2,1H3,(H3,25,26)(H3,27,28);2*1H. The zero-order valence-electron chi connectivity index (χ0n) is 18.4. The summed E-state index contributed by atoms with van der Waals surface area (Å²) < 4.78 is 8.05. The Morgan fingerprint density at radius 2 is 1.44 bits per heavy atom. The smallest absolute Gasteiger partial charge is 0.169 e. The van der Waals surface area contributed by atoms with Gasteiger partial charge in [-0.25, -0.2) is 4.98 Å². The Balaban J connectivity index is 0.00000204. The van der Waals surface area contributed by atoms with Crippen LogP contribution in [0.1, 0.15) is 23.6 Å². The number of halogens is 2. The zero-order valence-corrected chi connectivity index (χ0v) is 20.9. The van der Waals surface area contributed by atoms with Gasteiger partial charge in [0.2, 0.25) is 0 Å². The highest BCUT2D eigenvalue weighted by Crippen LogP contribution is 2.29. The summed E-state index contributed by atoms with van der Waals surface area (Å²) in [6.07, 6.45) is 0. The van der Waals surface area contributed by atoms with Gasteiger partial charge in [0.05, 0.1) is 11.0 Å². The van der Waals surface area contributed by atoms with Crippen LogP contribution in [0.25, 0.3) is 11.0 Å². The van der Waals surface area contributed by atoms with Crippen LogP contribution in [-0.2, 0) is 12.3 Å². The average molecular weight is 517 g/mol. The van der Waals surface area contributed by atoms with Crippen molar-refractivity contribution in [3.05, 3.63) is 83.4 Å². The number of ether oxygens (including phenoxy) is 1. The van der Waals surface area contributed by atoms with Gasteiger partial charge in [-0.3, -0.25) is 10.8 Å². The van der Waals surface area contributed by atoms with Crippen molar-refractivity contribution < 1.29 is 4.74 Å². The lowest BCUT2D eigenvalue weighted by atomic mass is 10.2. The van der Waals surface area contributed by atoms with Gasteiger partial charge in [-0.05, 0) is 67.1 Å². The van der Waals surface area contributed by atoms with Gasteiger partial charge in [0.15, 0.2) is 5.16 Å². The molecule has 0 atom stereocenters. The van der Waals surface area contributed by atoms with E-state index in [-0.39, 0.29) is 36.5 Å². The van der Waals surface area contributed by atoms with Gasteiger partial charge >= 0.3 is 0 Å². The Kier molecular flexibility index (Phi) is 9.37. The molecule has 6 N–H and O–H groups in total. The summed E-state index contributed by atoms with van der Waals surface area (Å²) >= 11 is 1.67. The van der Waals surface area contributed by atoms with Gasteiger partial charge in [0.1, 0.15) is 23.2 Å². The lowest BCUT2D eigenvalue weighted by molar-refractivity contribution is 0.482. The van der Waals surface area contributed by atoms with Crippen LogP contribution >= 0.6 is 36.6 Å². The minimum atomic E-state index is 0. The van der Waals surface area contributed by atoms with Gasteiger partial charge in [-0.1, -0.05) is 23.9 Å². The van der Waals surface area contributed by atoms with Crippen molar-refractivity contribution in [3.8, 4) is 11.5 Å². The third-order valence-corrected chi connectivity index (χ3v) is 6.08. The first kappa shape index (κ1) is 27.0. The van der Waals surface area contributed by atoms with Gasteiger partial charge in [-0.2, -0.15) is 0 Å².